The molecule has 0 atom stereocenters. The summed E-state index contributed by atoms with van der Waals surface area (Å²) in [6, 6.07) is 13.9. The number of aryl methyl sites for hydroxylation is 1. The molecule has 6 nitrogen and oxygen atoms in total. The molecule has 0 bridgehead atoms. The van der Waals surface area contributed by atoms with Crippen LogP contribution in [0.1, 0.15) is 12.6 Å². The van der Waals surface area contributed by atoms with Gasteiger partial charge in [-0.2, -0.15) is 0 Å². The summed E-state index contributed by atoms with van der Waals surface area (Å²) in [7, 11) is 0. The van der Waals surface area contributed by atoms with Crippen molar-refractivity contribution >= 4 is 23.1 Å². The van der Waals surface area contributed by atoms with Gasteiger partial charge in [0.15, 0.2) is 0 Å². The minimum absolute atomic E-state index is 0.484. The van der Waals surface area contributed by atoms with Crippen LogP contribution in [-0.4, -0.2) is 24.9 Å². The van der Waals surface area contributed by atoms with Gasteiger partial charge in [-0.25, -0.2) is 24.9 Å². The third-order valence-electron chi connectivity index (χ3n) is 3.77. The molecular weight excluding hydrogens is 344 g/mol. The van der Waals surface area contributed by atoms with Gasteiger partial charge < -0.3 is 5.32 Å². The molecule has 0 aliphatic carbocycles. The largest absolute Gasteiger partial charge is 0.309 e. The van der Waals surface area contributed by atoms with E-state index < -0.39 is 0 Å². The Morgan fingerprint density at radius 1 is 0.962 bits per heavy atom. The molecular formula is C19H16N6S. The molecule has 0 saturated heterocycles. The number of aromatic nitrogens is 5. The summed E-state index contributed by atoms with van der Waals surface area (Å²) >= 11 is 1.60. The topological polar surface area (TPSA) is 76.5 Å². The van der Waals surface area contributed by atoms with Gasteiger partial charge in [0.2, 0.25) is 5.95 Å². The quantitative estimate of drug-likeness (QED) is 0.570. The third-order valence-corrected chi connectivity index (χ3v) is 4.66. The first kappa shape index (κ1) is 16.3. The first-order valence-corrected chi connectivity index (χ1v) is 9.12. The highest BCUT2D eigenvalue weighted by Gasteiger charge is 2.09. The van der Waals surface area contributed by atoms with E-state index in [1.807, 2.05) is 35.7 Å². The molecule has 1 aromatic carbocycles. The molecule has 0 aliphatic heterocycles. The predicted octanol–water partition coefficient (Wildman–Crippen LogP) is 4.36. The minimum Gasteiger partial charge on any atom is -0.309 e. The van der Waals surface area contributed by atoms with Crippen LogP contribution in [-0.2, 0) is 6.42 Å². The Kier molecular flexibility index (Phi) is 4.61. The molecule has 0 fully saturated rings. The molecule has 26 heavy (non-hydrogen) atoms. The van der Waals surface area contributed by atoms with Crippen LogP contribution in [0.5, 0.6) is 0 Å². The fourth-order valence-electron chi connectivity index (χ4n) is 2.44. The Hall–Kier alpha value is -3.19. The zero-order chi connectivity index (χ0) is 17.8. The highest BCUT2D eigenvalue weighted by atomic mass is 32.1. The van der Waals surface area contributed by atoms with Gasteiger partial charge in [0.05, 0.1) is 5.69 Å². The lowest BCUT2D eigenvalue weighted by molar-refractivity contribution is 0.997. The second-order valence-corrected chi connectivity index (χ2v) is 6.40. The van der Waals surface area contributed by atoms with E-state index in [0.717, 1.165) is 34.1 Å². The Bertz CT molecular complexity index is 1020. The van der Waals surface area contributed by atoms with E-state index in [2.05, 4.69) is 44.3 Å². The molecule has 0 saturated carbocycles. The van der Waals surface area contributed by atoms with Crippen molar-refractivity contribution in [3.63, 3.8) is 0 Å². The smallest absolute Gasteiger partial charge is 0.228 e. The van der Waals surface area contributed by atoms with E-state index in [9.17, 15) is 0 Å². The van der Waals surface area contributed by atoms with Crippen LogP contribution in [0.3, 0.4) is 0 Å². The number of hydrogen-bond acceptors (Lipinski definition) is 7. The summed E-state index contributed by atoms with van der Waals surface area (Å²) in [6.07, 6.45) is 4.10. The van der Waals surface area contributed by atoms with Crippen LogP contribution >= 0.6 is 11.3 Å². The van der Waals surface area contributed by atoms with Crippen molar-refractivity contribution in [3.05, 3.63) is 66.1 Å². The van der Waals surface area contributed by atoms with Crippen LogP contribution in [0.25, 0.3) is 22.0 Å². The lowest BCUT2D eigenvalue weighted by Crippen LogP contribution is -2.01. The Morgan fingerprint density at radius 3 is 2.69 bits per heavy atom. The molecule has 7 heteroatoms. The summed E-state index contributed by atoms with van der Waals surface area (Å²) in [5.74, 6) is 1.16. The number of anilines is 2. The van der Waals surface area contributed by atoms with Crippen molar-refractivity contribution in [1.29, 1.82) is 0 Å². The average molecular weight is 360 g/mol. The standard InChI is InChI=1S/C19H16N6S/c1-2-14-10-17(22-12-21-14)25-19-20-9-8-15(24-19)16-11-26-18(23-16)13-6-4-3-5-7-13/h3-12H,2H2,1H3,(H,20,21,22,24,25). The normalized spacial score (nSPS) is 10.7. The summed E-state index contributed by atoms with van der Waals surface area (Å²) in [4.78, 5) is 21.9. The van der Waals surface area contributed by atoms with Gasteiger partial charge in [0.1, 0.15) is 22.8 Å². The summed E-state index contributed by atoms with van der Waals surface area (Å²) < 4.78 is 0. The maximum Gasteiger partial charge on any atom is 0.228 e. The van der Waals surface area contributed by atoms with E-state index in [1.54, 1.807) is 17.5 Å². The van der Waals surface area contributed by atoms with Crippen molar-refractivity contribution in [2.45, 2.75) is 13.3 Å². The summed E-state index contributed by atoms with van der Waals surface area (Å²) in [5.41, 5.74) is 3.66. The Balaban J connectivity index is 1.59. The van der Waals surface area contributed by atoms with Gasteiger partial charge in [0, 0.05) is 28.9 Å². The van der Waals surface area contributed by atoms with Crippen molar-refractivity contribution in [1.82, 2.24) is 24.9 Å². The number of rotatable bonds is 5. The SMILES string of the molecule is CCc1cc(Nc2nccc(-c3csc(-c4ccccc4)n3)n2)ncn1. The van der Waals surface area contributed by atoms with Gasteiger partial charge in [-0.05, 0) is 12.5 Å². The fraction of sp³-hybridized carbons (Fsp3) is 0.105. The van der Waals surface area contributed by atoms with Gasteiger partial charge in [-0.3, -0.25) is 0 Å². The molecule has 3 heterocycles. The molecule has 0 amide bonds. The highest BCUT2D eigenvalue weighted by Crippen LogP contribution is 2.28. The molecule has 4 rings (SSSR count). The molecule has 3 aromatic heterocycles. The van der Waals surface area contributed by atoms with Gasteiger partial charge >= 0.3 is 0 Å². The van der Waals surface area contributed by atoms with Gasteiger partial charge in [-0.1, -0.05) is 37.3 Å². The number of thiazole rings is 1. The lowest BCUT2D eigenvalue weighted by Gasteiger charge is -2.05. The molecule has 1 N–H and O–H groups in total. The monoisotopic (exact) mass is 360 g/mol. The van der Waals surface area contributed by atoms with Crippen LogP contribution in [0.15, 0.2) is 60.4 Å². The average Bonchev–Trinajstić information content (AvgIpc) is 3.19. The first-order chi connectivity index (χ1) is 12.8. The first-order valence-electron chi connectivity index (χ1n) is 8.24. The minimum atomic E-state index is 0.484. The second-order valence-electron chi connectivity index (χ2n) is 5.54. The van der Waals surface area contributed by atoms with Crippen molar-refractivity contribution < 1.29 is 0 Å². The maximum absolute atomic E-state index is 4.70. The molecule has 0 aliphatic rings. The molecule has 128 valence electrons. The second kappa shape index (κ2) is 7.37. The number of nitrogens with zero attached hydrogens (tertiary/aromatic N) is 5. The Labute approximate surface area is 155 Å². The Morgan fingerprint density at radius 2 is 1.85 bits per heavy atom. The lowest BCUT2D eigenvalue weighted by atomic mass is 10.2. The van der Waals surface area contributed by atoms with Crippen molar-refractivity contribution in [3.8, 4) is 22.0 Å². The molecule has 0 spiro atoms. The zero-order valence-electron chi connectivity index (χ0n) is 14.1. The van der Waals surface area contributed by atoms with E-state index >= 15 is 0 Å². The van der Waals surface area contributed by atoms with Gasteiger partial charge in [0.25, 0.3) is 0 Å². The van der Waals surface area contributed by atoms with Crippen LogP contribution in [0, 0.1) is 0 Å². The van der Waals surface area contributed by atoms with Crippen LogP contribution in [0.4, 0.5) is 11.8 Å². The highest BCUT2D eigenvalue weighted by molar-refractivity contribution is 7.13. The van der Waals surface area contributed by atoms with Crippen molar-refractivity contribution in [2.24, 2.45) is 0 Å². The fourth-order valence-corrected chi connectivity index (χ4v) is 3.26. The number of benzene rings is 1. The zero-order valence-corrected chi connectivity index (χ0v) is 14.9. The van der Waals surface area contributed by atoms with Crippen LogP contribution in [0.2, 0.25) is 0 Å². The summed E-state index contributed by atoms with van der Waals surface area (Å²) in [6.45, 7) is 2.05. The van der Waals surface area contributed by atoms with Crippen molar-refractivity contribution in [2.75, 3.05) is 5.32 Å². The number of nitrogens with one attached hydrogen (secondary N) is 1. The maximum atomic E-state index is 4.70. The van der Waals surface area contributed by atoms with E-state index in [0.29, 0.717) is 11.8 Å². The predicted molar refractivity (Wildman–Crippen MR) is 103 cm³/mol. The van der Waals surface area contributed by atoms with E-state index in [4.69, 9.17) is 4.98 Å². The van der Waals surface area contributed by atoms with Crippen LogP contribution < -0.4 is 5.32 Å². The van der Waals surface area contributed by atoms with E-state index in [-0.39, 0.29) is 0 Å². The number of hydrogen-bond donors (Lipinski definition) is 1. The summed E-state index contributed by atoms with van der Waals surface area (Å²) in [5, 5.41) is 6.11. The van der Waals surface area contributed by atoms with Gasteiger partial charge in [-0.15, -0.1) is 11.3 Å². The molecule has 4 aromatic rings. The molecule has 0 radical (unpaired) electrons. The van der Waals surface area contributed by atoms with E-state index in [1.165, 1.54) is 6.33 Å². The third kappa shape index (κ3) is 3.57. The molecule has 0 unspecified atom stereocenters.